The Labute approximate surface area is 205 Å². The summed E-state index contributed by atoms with van der Waals surface area (Å²) in [5.74, 6) is 1.68. The predicted octanol–water partition coefficient (Wildman–Crippen LogP) is 4.95. The minimum absolute atomic E-state index is 0.184. The third kappa shape index (κ3) is 3.75. The lowest BCUT2D eigenvalue weighted by atomic mass is 10.0. The first-order valence-corrected chi connectivity index (χ1v) is 11.3. The van der Waals surface area contributed by atoms with E-state index in [4.69, 9.17) is 26.1 Å². The number of hydrogen-bond acceptors (Lipinski definition) is 6. The highest BCUT2D eigenvalue weighted by Crippen LogP contribution is 2.45. The molecule has 0 unspecified atom stereocenters. The van der Waals surface area contributed by atoms with Crippen LogP contribution in [0.15, 0.2) is 83.4 Å². The highest BCUT2D eigenvalue weighted by Gasteiger charge is 2.43. The molecular weight excluding hydrogens is 466 g/mol. The zero-order chi connectivity index (χ0) is 23.9. The maximum atomic E-state index is 11.2. The van der Waals surface area contributed by atoms with Gasteiger partial charge in [0.25, 0.3) is 0 Å². The van der Waals surface area contributed by atoms with Gasteiger partial charge in [-0.2, -0.15) is 0 Å². The van der Waals surface area contributed by atoms with Crippen molar-refractivity contribution in [2.24, 2.45) is 0 Å². The van der Waals surface area contributed by atoms with Crippen LogP contribution in [0.2, 0.25) is 0 Å². The molecule has 9 heteroatoms. The van der Waals surface area contributed by atoms with Crippen LogP contribution in [0.25, 0.3) is 11.3 Å². The standard InChI is InChI=1S/C26H19N3O5S/c30-25(31)16-6-4-15(5-7-16)19-10-11-21(34-19)24-23(18-3-1-2-12-27-18)28-26(35)29(24)17-8-9-20-22(13-17)33-14-32-20/h1-13,23-24H,14H2,(H,28,35)(H,30,31)/t23-,24+/m0/s1. The Balaban J connectivity index is 1.41. The Hall–Kier alpha value is -4.37. The molecule has 2 aliphatic rings. The van der Waals surface area contributed by atoms with Crippen LogP contribution in [0.4, 0.5) is 5.69 Å². The molecule has 2 atom stereocenters. The maximum Gasteiger partial charge on any atom is 0.335 e. The monoisotopic (exact) mass is 485 g/mol. The van der Waals surface area contributed by atoms with Gasteiger partial charge in [-0.25, -0.2) is 4.79 Å². The van der Waals surface area contributed by atoms with Gasteiger partial charge in [-0.15, -0.1) is 0 Å². The zero-order valence-corrected chi connectivity index (χ0v) is 19.1. The molecule has 6 rings (SSSR count). The van der Waals surface area contributed by atoms with Crippen LogP contribution in [-0.2, 0) is 0 Å². The normalized spacial score (nSPS) is 18.5. The van der Waals surface area contributed by atoms with Crippen LogP contribution in [0, 0.1) is 0 Å². The second-order valence-corrected chi connectivity index (χ2v) is 8.51. The van der Waals surface area contributed by atoms with Crippen molar-refractivity contribution in [2.45, 2.75) is 12.1 Å². The molecule has 0 spiro atoms. The van der Waals surface area contributed by atoms with Crippen molar-refractivity contribution in [1.82, 2.24) is 10.3 Å². The summed E-state index contributed by atoms with van der Waals surface area (Å²) in [4.78, 5) is 17.7. The van der Waals surface area contributed by atoms with Crippen molar-refractivity contribution in [3.05, 3.63) is 96.0 Å². The maximum absolute atomic E-state index is 11.2. The Kier molecular flexibility index (Phi) is 5.11. The van der Waals surface area contributed by atoms with E-state index in [0.717, 1.165) is 16.9 Å². The lowest BCUT2D eigenvalue weighted by molar-refractivity contribution is 0.0697. The minimum Gasteiger partial charge on any atom is -0.478 e. The Morgan fingerprint density at radius 2 is 1.86 bits per heavy atom. The summed E-state index contributed by atoms with van der Waals surface area (Å²) in [6.07, 6.45) is 1.75. The molecule has 1 saturated heterocycles. The van der Waals surface area contributed by atoms with Crippen molar-refractivity contribution in [3.8, 4) is 22.8 Å². The number of pyridine rings is 1. The number of aromatic nitrogens is 1. The number of thiocarbonyl (C=S) groups is 1. The molecule has 2 aromatic heterocycles. The van der Waals surface area contributed by atoms with E-state index in [9.17, 15) is 9.90 Å². The van der Waals surface area contributed by atoms with Gasteiger partial charge in [0.2, 0.25) is 6.79 Å². The lowest BCUT2D eigenvalue weighted by Crippen LogP contribution is -2.29. The summed E-state index contributed by atoms with van der Waals surface area (Å²) in [5.41, 5.74) is 2.65. The zero-order valence-electron chi connectivity index (χ0n) is 18.3. The second kappa shape index (κ2) is 8.44. The summed E-state index contributed by atoms with van der Waals surface area (Å²) in [6.45, 7) is 0.184. The van der Waals surface area contributed by atoms with Gasteiger partial charge in [0, 0.05) is 23.5 Å². The van der Waals surface area contributed by atoms with Gasteiger partial charge in [0.05, 0.1) is 17.3 Å². The fraction of sp³-hybridized carbons (Fsp3) is 0.115. The van der Waals surface area contributed by atoms with E-state index in [1.54, 1.807) is 30.5 Å². The van der Waals surface area contributed by atoms with Gasteiger partial charge in [-0.05, 0) is 60.7 Å². The highest BCUT2D eigenvalue weighted by atomic mass is 32.1. The fourth-order valence-corrected chi connectivity index (χ4v) is 4.75. The van der Waals surface area contributed by atoms with E-state index in [-0.39, 0.29) is 24.4 Å². The molecule has 0 amide bonds. The number of rotatable bonds is 5. The van der Waals surface area contributed by atoms with Crippen molar-refractivity contribution >= 4 is 29.0 Å². The van der Waals surface area contributed by atoms with E-state index in [0.29, 0.717) is 28.1 Å². The van der Waals surface area contributed by atoms with Crippen molar-refractivity contribution in [1.29, 1.82) is 0 Å². The molecule has 1 fully saturated rings. The fourth-order valence-electron chi connectivity index (χ4n) is 4.40. The van der Waals surface area contributed by atoms with Crippen molar-refractivity contribution < 1.29 is 23.8 Å². The first-order valence-electron chi connectivity index (χ1n) is 10.9. The lowest BCUT2D eigenvalue weighted by Gasteiger charge is -2.26. The minimum atomic E-state index is -0.972. The molecule has 0 saturated carbocycles. The van der Waals surface area contributed by atoms with E-state index in [1.807, 2.05) is 53.4 Å². The molecule has 8 nitrogen and oxygen atoms in total. The van der Waals surface area contributed by atoms with E-state index in [2.05, 4.69) is 10.3 Å². The summed E-state index contributed by atoms with van der Waals surface area (Å²) in [6, 6.07) is 21.2. The molecule has 0 aliphatic carbocycles. The Morgan fingerprint density at radius 3 is 2.63 bits per heavy atom. The number of furan rings is 1. The van der Waals surface area contributed by atoms with Crippen LogP contribution in [0.1, 0.15) is 33.9 Å². The van der Waals surface area contributed by atoms with Crippen LogP contribution in [0.3, 0.4) is 0 Å². The highest BCUT2D eigenvalue weighted by molar-refractivity contribution is 7.80. The van der Waals surface area contributed by atoms with Gasteiger partial charge in [0.15, 0.2) is 16.6 Å². The molecule has 0 radical (unpaired) electrons. The van der Waals surface area contributed by atoms with Gasteiger partial charge < -0.3 is 29.2 Å². The van der Waals surface area contributed by atoms with E-state index < -0.39 is 5.97 Å². The molecule has 35 heavy (non-hydrogen) atoms. The molecule has 2 aromatic carbocycles. The largest absolute Gasteiger partial charge is 0.478 e. The topological polar surface area (TPSA) is 97.1 Å². The molecule has 4 aromatic rings. The summed E-state index contributed by atoms with van der Waals surface area (Å²) >= 11 is 5.76. The first kappa shape index (κ1) is 21.2. The Morgan fingerprint density at radius 1 is 1.03 bits per heavy atom. The number of aromatic carboxylic acids is 1. The summed E-state index contributed by atoms with van der Waals surface area (Å²) < 4.78 is 17.4. The van der Waals surface area contributed by atoms with Crippen LogP contribution >= 0.6 is 12.2 Å². The molecule has 4 heterocycles. The van der Waals surface area contributed by atoms with Gasteiger partial charge in [-0.3, -0.25) is 4.98 Å². The van der Waals surface area contributed by atoms with Gasteiger partial charge in [-0.1, -0.05) is 18.2 Å². The number of anilines is 1. The third-order valence-electron chi connectivity index (χ3n) is 6.07. The third-order valence-corrected chi connectivity index (χ3v) is 6.38. The van der Waals surface area contributed by atoms with Crippen molar-refractivity contribution in [2.75, 3.05) is 11.7 Å². The second-order valence-electron chi connectivity index (χ2n) is 8.12. The SMILES string of the molecule is O=C(O)c1ccc(-c2ccc([C@@H]3[C@H](c4ccccn4)NC(=S)N3c3ccc4c(c3)OCO4)o2)cc1. The number of nitrogens with zero attached hydrogens (tertiary/aromatic N) is 2. The quantitative estimate of drug-likeness (QED) is 0.381. The van der Waals surface area contributed by atoms with E-state index in [1.165, 1.54) is 0 Å². The number of benzene rings is 2. The van der Waals surface area contributed by atoms with Crippen LogP contribution in [-0.4, -0.2) is 28.0 Å². The number of fused-ring (bicyclic) bond motifs is 1. The molecule has 2 aliphatic heterocycles. The smallest absolute Gasteiger partial charge is 0.335 e. The number of nitrogens with one attached hydrogen (secondary N) is 1. The number of ether oxygens (including phenoxy) is 2. The Bertz CT molecular complexity index is 1420. The number of carboxylic acid groups (broad SMARTS) is 1. The van der Waals surface area contributed by atoms with Crippen molar-refractivity contribution in [3.63, 3.8) is 0 Å². The molecular formula is C26H19N3O5S. The van der Waals surface area contributed by atoms with Crippen LogP contribution in [0.5, 0.6) is 11.5 Å². The first-order chi connectivity index (χ1) is 17.1. The van der Waals surface area contributed by atoms with E-state index >= 15 is 0 Å². The van der Waals surface area contributed by atoms with Crippen LogP contribution < -0.4 is 19.7 Å². The number of carboxylic acids is 1. The average molecular weight is 486 g/mol. The molecule has 174 valence electrons. The molecule has 0 bridgehead atoms. The van der Waals surface area contributed by atoms with Gasteiger partial charge in [0.1, 0.15) is 17.6 Å². The predicted molar refractivity (Wildman–Crippen MR) is 132 cm³/mol. The average Bonchev–Trinajstić information content (AvgIpc) is 3.62. The number of hydrogen-bond donors (Lipinski definition) is 2. The summed E-state index contributed by atoms with van der Waals surface area (Å²) in [5, 5.41) is 13.1. The molecule has 2 N–H and O–H groups in total. The summed E-state index contributed by atoms with van der Waals surface area (Å²) in [7, 11) is 0. The number of carbonyl (C=O) groups is 1. The van der Waals surface area contributed by atoms with Gasteiger partial charge >= 0.3 is 5.97 Å².